The highest BCUT2D eigenvalue weighted by Crippen LogP contribution is 2.02. The fraction of sp³-hybridized carbons (Fsp3) is 0.353. The van der Waals surface area contributed by atoms with E-state index in [9.17, 15) is 9.59 Å². The van der Waals surface area contributed by atoms with Crippen LogP contribution in [-0.2, 0) is 0 Å². The van der Waals surface area contributed by atoms with Gasteiger partial charge in [-0.25, -0.2) is 0 Å². The van der Waals surface area contributed by atoms with E-state index in [2.05, 4.69) is 20.6 Å². The van der Waals surface area contributed by atoms with Gasteiger partial charge in [0.15, 0.2) is 0 Å². The van der Waals surface area contributed by atoms with Gasteiger partial charge in [0.25, 0.3) is 11.5 Å². The van der Waals surface area contributed by atoms with Gasteiger partial charge < -0.3 is 10.6 Å². The highest BCUT2D eigenvalue weighted by Gasteiger charge is 2.12. The van der Waals surface area contributed by atoms with Crippen LogP contribution in [0, 0.1) is 0 Å². The third-order valence-electron chi connectivity index (χ3n) is 3.96. The number of rotatable bonds is 5. The van der Waals surface area contributed by atoms with Crippen LogP contribution in [0.5, 0.6) is 0 Å². The number of carbonyl (C=O) groups is 1. The maximum atomic E-state index is 12.3. The Morgan fingerprint density at radius 3 is 2.56 bits per heavy atom. The summed E-state index contributed by atoms with van der Waals surface area (Å²) in [5, 5.41) is 10.3. The molecule has 7 nitrogen and oxygen atoms in total. The summed E-state index contributed by atoms with van der Waals surface area (Å²) < 4.78 is 1.24. The highest BCUT2D eigenvalue weighted by molar-refractivity contribution is 5.92. The minimum atomic E-state index is -0.269. The van der Waals surface area contributed by atoms with Gasteiger partial charge >= 0.3 is 0 Å². The fourth-order valence-corrected chi connectivity index (χ4v) is 2.64. The predicted octanol–water partition coefficient (Wildman–Crippen LogP) is 0.289. The Morgan fingerprint density at radius 1 is 1.12 bits per heavy atom. The van der Waals surface area contributed by atoms with Crippen LogP contribution in [-0.4, -0.2) is 59.9 Å². The Kier molecular flexibility index (Phi) is 7.12. The van der Waals surface area contributed by atoms with Crippen LogP contribution in [0.2, 0.25) is 0 Å². The minimum absolute atomic E-state index is 0. The summed E-state index contributed by atoms with van der Waals surface area (Å²) in [6.45, 7) is 5.33. The maximum Gasteiger partial charge on any atom is 0.271 e. The predicted molar refractivity (Wildman–Crippen MR) is 98.7 cm³/mol. The number of amides is 1. The third kappa shape index (κ3) is 5.12. The zero-order chi connectivity index (χ0) is 16.8. The summed E-state index contributed by atoms with van der Waals surface area (Å²) in [6, 6.07) is 11.9. The van der Waals surface area contributed by atoms with E-state index in [-0.39, 0.29) is 29.6 Å². The number of carbonyl (C=O) groups excluding carboxylic acids is 1. The summed E-state index contributed by atoms with van der Waals surface area (Å²) in [5.41, 5.74) is 0.607. The van der Waals surface area contributed by atoms with Crippen molar-refractivity contribution >= 4 is 18.3 Å². The molecule has 1 saturated heterocycles. The second-order valence-corrected chi connectivity index (χ2v) is 5.65. The summed E-state index contributed by atoms with van der Waals surface area (Å²) in [4.78, 5) is 26.5. The average Bonchev–Trinajstić information content (AvgIpc) is 2.63. The molecule has 3 rings (SSSR count). The summed E-state index contributed by atoms with van der Waals surface area (Å²) in [5.74, 6) is -0.269. The average molecular weight is 364 g/mol. The first kappa shape index (κ1) is 19.1. The molecule has 2 aromatic rings. The van der Waals surface area contributed by atoms with E-state index in [1.165, 1.54) is 16.8 Å². The number of piperazine rings is 1. The summed E-state index contributed by atoms with van der Waals surface area (Å²) in [6.07, 6.45) is 0. The minimum Gasteiger partial charge on any atom is -0.349 e. The molecule has 0 radical (unpaired) electrons. The Hall–Kier alpha value is -2.22. The van der Waals surface area contributed by atoms with Crippen molar-refractivity contribution in [3.05, 3.63) is 58.5 Å². The first-order valence-electron chi connectivity index (χ1n) is 8.11. The number of nitrogens with zero attached hydrogens (tertiary/aromatic N) is 3. The lowest BCUT2D eigenvalue weighted by Crippen LogP contribution is -2.46. The molecule has 1 aromatic carbocycles. The zero-order valence-electron chi connectivity index (χ0n) is 13.9. The molecule has 0 aliphatic carbocycles. The Bertz CT molecular complexity index is 744. The van der Waals surface area contributed by atoms with Gasteiger partial charge in [0.1, 0.15) is 5.69 Å². The number of halogens is 1. The van der Waals surface area contributed by atoms with E-state index >= 15 is 0 Å². The molecule has 1 aromatic heterocycles. The Labute approximate surface area is 152 Å². The summed E-state index contributed by atoms with van der Waals surface area (Å²) >= 11 is 0. The zero-order valence-corrected chi connectivity index (χ0v) is 14.7. The van der Waals surface area contributed by atoms with E-state index in [0.717, 1.165) is 32.7 Å². The van der Waals surface area contributed by atoms with E-state index in [4.69, 9.17) is 0 Å². The number of hydrogen-bond donors (Lipinski definition) is 2. The molecule has 1 amide bonds. The molecule has 25 heavy (non-hydrogen) atoms. The van der Waals surface area contributed by atoms with Gasteiger partial charge in [0, 0.05) is 45.3 Å². The second kappa shape index (κ2) is 9.31. The second-order valence-electron chi connectivity index (χ2n) is 5.65. The highest BCUT2D eigenvalue weighted by atomic mass is 35.5. The molecule has 0 spiro atoms. The molecule has 2 heterocycles. The van der Waals surface area contributed by atoms with Crippen LogP contribution in [0.15, 0.2) is 47.3 Å². The Morgan fingerprint density at radius 2 is 1.84 bits per heavy atom. The quantitative estimate of drug-likeness (QED) is 0.798. The van der Waals surface area contributed by atoms with Crippen molar-refractivity contribution in [2.45, 2.75) is 0 Å². The van der Waals surface area contributed by atoms with Gasteiger partial charge in [0.05, 0.1) is 5.69 Å². The lowest BCUT2D eigenvalue weighted by molar-refractivity contribution is 0.0940. The smallest absolute Gasteiger partial charge is 0.271 e. The first-order chi connectivity index (χ1) is 11.7. The topological polar surface area (TPSA) is 79.3 Å². The number of nitrogens with one attached hydrogen (secondary N) is 2. The van der Waals surface area contributed by atoms with Gasteiger partial charge in [-0.1, -0.05) is 18.2 Å². The van der Waals surface area contributed by atoms with Gasteiger partial charge in [-0.3, -0.25) is 14.5 Å². The number of hydrogen-bond acceptors (Lipinski definition) is 5. The van der Waals surface area contributed by atoms with Gasteiger partial charge in [-0.2, -0.15) is 9.78 Å². The Balaban J connectivity index is 0.00000225. The van der Waals surface area contributed by atoms with E-state index in [1.807, 2.05) is 18.2 Å². The maximum absolute atomic E-state index is 12.3. The number of aromatic nitrogens is 2. The molecular formula is C17H22ClN5O2. The van der Waals surface area contributed by atoms with Crippen LogP contribution >= 0.6 is 12.4 Å². The van der Waals surface area contributed by atoms with Gasteiger partial charge in [-0.15, -0.1) is 12.4 Å². The number of benzene rings is 1. The summed E-state index contributed by atoms with van der Waals surface area (Å²) in [7, 11) is 0. The molecule has 1 fully saturated rings. The van der Waals surface area contributed by atoms with Crippen LogP contribution in [0.25, 0.3) is 5.69 Å². The molecule has 1 aliphatic rings. The molecule has 0 atom stereocenters. The van der Waals surface area contributed by atoms with Crippen LogP contribution in [0.3, 0.4) is 0 Å². The van der Waals surface area contributed by atoms with Crippen molar-refractivity contribution in [1.82, 2.24) is 25.3 Å². The van der Waals surface area contributed by atoms with Crippen molar-refractivity contribution in [2.75, 3.05) is 39.3 Å². The molecule has 8 heteroatoms. The van der Waals surface area contributed by atoms with Crippen LogP contribution < -0.4 is 16.2 Å². The first-order valence-corrected chi connectivity index (χ1v) is 8.11. The van der Waals surface area contributed by atoms with Crippen LogP contribution in [0.1, 0.15) is 10.5 Å². The molecule has 1 aliphatic heterocycles. The molecular weight excluding hydrogens is 342 g/mol. The molecule has 0 saturated carbocycles. The van der Waals surface area contributed by atoms with E-state index in [1.54, 1.807) is 12.1 Å². The lowest BCUT2D eigenvalue weighted by atomic mass is 10.3. The largest absolute Gasteiger partial charge is 0.349 e. The molecule has 2 N–H and O–H groups in total. The van der Waals surface area contributed by atoms with Gasteiger partial charge in [0.2, 0.25) is 0 Å². The van der Waals surface area contributed by atoms with E-state index in [0.29, 0.717) is 12.2 Å². The van der Waals surface area contributed by atoms with Crippen molar-refractivity contribution in [3.63, 3.8) is 0 Å². The van der Waals surface area contributed by atoms with Gasteiger partial charge in [-0.05, 0) is 18.2 Å². The SMILES string of the molecule is Cl.O=C(NCCN1CCNCC1)c1ccc(=O)n(-c2ccccc2)n1. The van der Waals surface area contributed by atoms with E-state index < -0.39 is 0 Å². The standard InChI is InChI=1S/C17H21N5O2.ClH/c23-16-7-6-15(20-22(16)14-4-2-1-3-5-14)17(24)19-10-13-21-11-8-18-9-12-21;/h1-7,18H,8-13H2,(H,19,24);1H. The van der Waals surface area contributed by atoms with Crippen molar-refractivity contribution in [3.8, 4) is 5.69 Å². The molecule has 0 bridgehead atoms. The van der Waals surface area contributed by atoms with Crippen molar-refractivity contribution in [2.24, 2.45) is 0 Å². The fourth-order valence-electron chi connectivity index (χ4n) is 2.64. The van der Waals surface area contributed by atoms with Crippen molar-refractivity contribution < 1.29 is 4.79 Å². The lowest BCUT2D eigenvalue weighted by Gasteiger charge is -2.27. The number of para-hydroxylation sites is 1. The van der Waals surface area contributed by atoms with Crippen LogP contribution in [0.4, 0.5) is 0 Å². The third-order valence-corrected chi connectivity index (χ3v) is 3.96. The molecule has 0 unspecified atom stereocenters. The monoisotopic (exact) mass is 363 g/mol. The molecule has 134 valence electrons. The van der Waals surface area contributed by atoms with Crippen molar-refractivity contribution in [1.29, 1.82) is 0 Å². The normalized spacial score (nSPS) is 14.6.